The zero-order valence-electron chi connectivity index (χ0n) is 8.65. The lowest BCUT2D eigenvalue weighted by molar-refractivity contribution is 0.541. The van der Waals surface area contributed by atoms with Crippen LogP contribution in [-0.4, -0.2) is 4.83 Å². The molecule has 88 valence electrons. The Morgan fingerprint density at radius 1 is 1.31 bits per heavy atom. The van der Waals surface area contributed by atoms with Gasteiger partial charge in [0.2, 0.25) is 0 Å². The van der Waals surface area contributed by atoms with Crippen LogP contribution in [0.15, 0.2) is 16.6 Å². The monoisotopic (exact) mass is 352 g/mol. The molecule has 0 spiro atoms. The number of halogens is 4. The molecular weight excluding hydrogens is 342 g/mol. The predicted molar refractivity (Wildman–Crippen MR) is 67.8 cm³/mol. The lowest BCUT2D eigenvalue weighted by atomic mass is 10.1. The van der Waals surface area contributed by atoms with E-state index in [0.29, 0.717) is 21.6 Å². The third-order valence-electron chi connectivity index (χ3n) is 2.94. The van der Waals surface area contributed by atoms with Crippen LogP contribution >= 0.6 is 31.9 Å². The quantitative estimate of drug-likeness (QED) is 0.537. The lowest BCUT2D eigenvalue weighted by Gasteiger charge is -2.10. The van der Waals surface area contributed by atoms with E-state index in [1.807, 2.05) is 0 Å². The van der Waals surface area contributed by atoms with Crippen molar-refractivity contribution in [3.63, 3.8) is 0 Å². The van der Waals surface area contributed by atoms with Gasteiger partial charge in [-0.05, 0) is 59.7 Å². The van der Waals surface area contributed by atoms with Gasteiger partial charge in [0.15, 0.2) is 0 Å². The smallest absolute Gasteiger partial charge is 0.143 e. The van der Waals surface area contributed by atoms with Crippen molar-refractivity contribution in [1.29, 1.82) is 0 Å². The second-order valence-corrected chi connectivity index (χ2v) is 6.24. The fourth-order valence-electron chi connectivity index (χ4n) is 1.77. The minimum atomic E-state index is -0.463. The van der Waals surface area contributed by atoms with Gasteiger partial charge in [-0.15, -0.1) is 0 Å². The lowest BCUT2D eigenvalue weighted by Crippen LogP contribution is -2.05. The number of benzene rings is 1. The summed E-state index contributed by atoms with van der Waals surface area (Å²) in [6, 6.07) is 2.71. The molecule has 4 heteroatoms. The molecule has 0 amide bonds. The highest BCUT2D eigenvalue weighted by molar-refractivity contribution is 9.10. The first kappa shape index (κ1) is 12.5. The molecule has 2 rings (SSSR count). The molecule has 0 bridgehead atoms. The zero-order chi connectivity index (χ0) is 11.7. The average molecular weight is 354 g/mol. The Morgan fingerprint density at radius 2 is 2.00 bits per heavy atom. The molecule has 1 aliphatic rings. The molecule has 0 radical (unpaired) electrons. The van der Waals surface area contributed by atoms with Crippen LogP contribution in [0.4, 0.5) is 8.78 Å². The summed E-state index contributed by atoms with van der Waals surface area (Å²) in [5, 5.41) is 0. The Bertz CT molecular complexity index is 389. The Morgan fingerprint density at radius 3 is 2.62 bits per heavy atom. The highest BCUT2D eigenvalue weighted by Crippen LogP contribution is 2.39. The maximum atomic E-state index is 13.6. The molecule has 0 aromatic heterocycles. The van der Waals surface area contributed by atoms with Crippen molar-refractivity contribution < 1.29 is 8.78 Å². The molecule has 1 aromatic rings. The van der Waals surface area contributed by atoms with Gasteiger partial charge in [-0.1, -0.05) is 15.9 Å². The molecule has 16 heavy (non-hydrogen) atoms. The molecule has 0 heterocycles. The first-order valence-electron chi connectivity index (χ1n) is 5.36. The molecule has 1 aliphatic carbocycles. The summed E-state index contributed by atoms with van der Waals surface area (Å²) in [5.74, 6) is -0.204. The average Bonchev–Trinajstić information content (AvgIpc) is 3.07. The maximum absolute atomic E-state index is 13.6. The second-order valence-electron chi connectivity index (χ2n) is 4.21. The summed E-state index contributed by atoms with van der Waals surface area (Å²) in [6.45, 7) is 0. The number of hydrogen-bond acceptors (Lipinski definition) is 0. The van der Waals surface area contributed by atoms with Gasteiger partial charge in [0, 0.05) is 10.4 Å². The Balaban J connectivity index is 2.05. The van der Waals surface area contributed by atoms with E-state index >= 15 is 0 Å². The van der Waals surface area contributed by atoms with E-state index in [4.69, 9.17) is 0 Å². The van der Waals surface area contributed by atoms with Crippen LogP contribution in [0, 0.1) is 17.6 Å². The topological polar surface area (TPSA) is 0 Å². The van der Waals surface area contributed by atoms with E-state index in [1.54, 1.807) is 0 Å². The van der Waals surface area contributed by atoms with E-state index in [1.165, 1.54) is 25.0 Å². The minimum absolute atomic E-state index is 0.194. The van der Waals surface area contributed by atoms with Gasteiger partial charge in [0.25, 0.3) is 0 Å². The third kappa shape index (κ3) is 2.83. The Kier molecular flexibility index (Phi) is 4.01. The normalized spacial score (nSPS) is 17.5. The molecule has 1 saturated carbocycles. The van der Waals surface area contributed by atoms with Crippen LogP contribution in [-0.2, 0) is 6.42 Å². The van der Waals surface area contributed by atoms with Crippen LogP contribution in [0.2, 0.25) is 0 Å². The Hall–Kier alpha value is 0.0400. The minimum Gasteiger partial charge on any atom is -0.207 e. The van der Waals surface area contributed by atoms with Gasteiger partial charge >= 0.3 is 0 Å². The van der Waals surface area contributed by atoms with E-state index < -0.39 is 11.6 Å². The summed E-state index contributed by atoms with van der Waals surface area (Å²) in [7, 11) is 0. The molecular formula is C12H12Br2F2. The summed E-state index contributed by atoms with van der Waals surface area (Å²) in [6.07, 6.45) is 3.71. The molecule has 1 fully saturated rings. The van der Waals surface area contributed by atoms with Gasteiger partial charge < -0.3 is 0 Å². The van der Waals surface area contributed by atoms with Crippen molar-refractivity contribution in [3.05, 3.63) is 33.8 Å². The fourth-order valence-corrected chi connectivity index (χ4v) is 2.90. The van der Waals surface area contributed by atoms with Crippen LogP contribution in [0.3, 0.4) is 0 Å². The van der Waals surface area contributed by atoms with E-state index in [0.717, 1.165) is 6.42 Å². The number of rotatable bonds is 4. The van der Waals surface area contributed by atoms with Gasteiger partial charge in [-0.25, -0.2) is 8.78 Å². The molecule has 1 atom stereocenters. The van der Waals surface area contributed by atoms with Gasteiger partial charge in [0.05, 0.1) is 4.47 Å². The highest BCUT2D eigenvalue weighted by atomic mass is 79.9. The summed E-state index contributed by atoms with van der Waals surface area (Å²) < 4.78 is 27.4. The summed E-state index contributed by atoms with van der Waals surface area (Å²) >= 11 is 6.65. The summed E-state index contributed by atoms with van der Waals surface area (Å²) in [5.41, 5.74) is 0.194. The molecule has 0 saturated heterocycles. The maximum Gasteiger partial charge on any atom is 0.143 e. The fraction of sp³-hybridized carbons (Fsp3) is 0.500. The van der Waals surface area contributed by atoms with Gasteiger partial charge in [-0.3, -0.25) is 0 Å². The third-order valence-corrected chi connectivity index (χ3v) is 4.76. The molecule has 0 aliphatic heterocycles. The van der Waals surface area contributed by atoms with Gasteiger partial charge in [0.1, 0.15) is 11.6 Å². The van der Waals surface area contributed by atoms with E-state index in [-0.39, 0.29) is 5.56 Å². The van der Waals surface area contributed by atoms with E-state index in [9.17, 15) is 8.78 Å². The predicted octanol–water partition coefficient (Wildman–Crippen LogP) is 4.83. The standard InChI is InChI=1S/C12H12Br2F2/c13-9(7-1-2-7)4-3-8-11(15)6-5-10(14)12(8)16/h5-7,9H,1-4H2. The van der Waals surface area contributed by atoms with Crippen molar-refractivity contribution in [2.45, 2.75) is 30.5 Å². The van der Waals surface area contributed by atoms with Crippen molar-refractivity contribution in [3.8, 4) is 0 Å². The van der Waals surface area contributed by atoms with Crippen LogP contribution in [0.5, 0.6) is 0 Å². The number of alkyl halides is 1. The summed E-state index contributed by atoms with van der Waals surface area (Å²) in [4.78, 5) is 0.394. The first-order valence-corrected chi connectivity index (χ1v) is 7.07. The van der Waals surface area contributed by atoms with Crippen molar-refractivity contribution in [1.82, 2.24) is 0 Å². The van der Waals surface area contributed by atoms with Crippen molar-refractivity contribution >= 4 is 31.9 Å². The van der Waals surface area contributed by atoms with Crippen molar-refractivity contribution in [2.75, 3.05) is 0 Å². The van der Waals surface area contributed by atoms with Crippen LogP contribution in [0.1, 0.15) is 24.8 Å². The molecule has 0 N–H and O–H groups in total. The number of hydrogen-bond donors (Lipinski definition) is 0. The van der Waals surface area contributed by atoms with Gasteiger partial charge in [-0.2, -0.15) is 0 Å². The van der Waals surface area contributed by atoms with Crippen LogP contribution < -0.4 is 0 Å². The van der Waals surface area contributed by atoms with Crippen LogP contribution in [0.25, 0.3) is 0 Å². The first-order chi connectivity index (χ1) is 7.59. The highest BCUT2D eigenvalue weighted by Gasteiger charge is 2.29. The van der Waals surface area contributed by atoms with E-state index in [2.05, 4.69) is 31.9 Å². The molecule has 1 unspecified atom stereocenters. The molecule has 1 aromatic carbocycles. The SMILES string of the molecule is Fc1ccc(Br)c(F)c1CCC(Br)C1CC1. The largest absolute Gasteiger partial charge is 0.207 e. The van der Waals surface area contributed by atoms with Crippen molar-refractivity contribution in [2.24, 2.45) is 5.92 Å². The zero-order valence-corrected chi connectivity index (χ0v) is 11.8. The Labute approximate surface area is 111 Å². The molecule has 0 nitrogen and oxygen atoms in total. The second kappa shape index (κ2) is 5.13.